The summed E-state index contributed by atoms with van der Waals surface area (Å²) >= 11 is 0. The summed E-state index contributed by atoms with van der Waals surface area (Å²) in [5, 5.41) is 14.1. The average molecular weight is 263 g/mol. The molecule has 1 aromatic carbocycles. The molecule has 1 aliphatic heterocycles. The second-order valence-corrected chi connectivity index (χ2v) is 4.58. The smallest absolute Gasteiger partial charge is 0.282 e. The van der Waals surface area contributed by atoms with Crippen molar-refractivity contribution >= 4 is 11.6 Å². The minimum absolute atomic E-state index is 0.124. The van der Waals surface area contributed by atoms with Gasteiger partial charge in [-0.2, -0.15) is 0 Å². The van der Waals surface area contributed by atoms with Crippen molar-refractivity contribution in [2.24, 2.45) is 0 Å². The number of amides is 1. The van der Waals surface area contributed by atoms with Crippen molar-refractivity contribution in [3.05, 3.63) is 39.9 Å². The zero-order chi connectivity index (χ0) is 13.8. The fraction of sp³-hybridized carbons (Fsp3) is 0.462. The summed E-state index contributed by atoms with van der Waals surface area (Å²) in [6.45, 7) is 4.13. The van der Waals surface area contributed by atoms with Crippen molar-refractivity contribution in [2.45, 2.75) is 19.4 Å². The molecular weight excluding hydrogens is 246 g/mol. The molecule has 1 N–H and O–H groups in total. The Morgan fingerprint density at radius 2 is 2.16 bits per heavy atom. The van der Waals surface area contributed by atoms with E-state index < -0.39 is 4.92 Å². The van der Waals surface area contributed by atoms with Crippen molar-refractivity contribution in [3.8, 4) is 0 Å². The number of nitro benzene ring substituents is 1. The van der Waals surface area contributed by atoms with E-state index in [-0.39, 0.29) is 23.2 Å². The Kier molecular flexibility index (Phi) is 4.11. The largest absolute Gasteiger partial charge is 0.333 e. The van der Waals surface area contributed by atoms with Crippen LogP contribution in [0.5, 0.6) is 0 Å². The van der Waals surface area contributed by atoms with Gasteiger partial charge in [-0.3, -0.25) is 14.9 Å². The molecule has 2 rings (SSSR count). The first-order chi connectivity index (χ1) is 9.15. The van der Waals surface area contributed by atoms with E-state index in [0.717, 1.165) is 19.5 Å². The molecule has 1 heterocycles. The van der Waals surface area contributed by atoms with Gasteiger partial charge in [0.1, 0.15) is 5.56 Å². The Labute approximate surface area is 111 Å². The summed E-state index contributed by atoms with van der Waals surface area (Å²) in [6.07, 6.45) is 0.836. The van der Waals surface area contributed by atoms with E-state index in [1.807, 2.05) is 6.92 Å². The summed E-state index contributed by atoms with van der Waals surface area (Å²) in [5.41, 5.74) is 0.0498. The molecule has 0 aromatic heterocycles. The molecule has 1 aliphatic rings. The third-order valence-electron chi connectivity index (χ3n) is 3.26. The lowest BCUT2D eigenvalue weighted by molar-refractivity contribution is -0.385. The maximum atomic E-state index is 12.5. The second kappa shape index (κ2) is 5.79. The molecule has 19 heavy (non-hydrogen) atoms. The first kappa shape index (κ1) is 13.5. The average Bonchev–Trinajstić information content (AvgIpc) is 2.35. The minimum Gasteiger partial charge on any atom is -0.333 e. The molecule has 1 fully saturated rings. The van der Waals surface area contributed by atoms with Crippen molar-refractivity contribution in [1.82, 2.24) is 10.2 Å². The molecular formula is C13H17N3O3. The summed E-state index contributed by atoms with van der Waals surface area (Å²) in [5.74, 6) is -0.249. The van der Waals surface area contributed by atoms with Crippen molar-refractivity contribution in [1.29, 1.82) is 0 Å². The van der Waals surface area contributed by atoms with Crippen LogP contribution < -0.4 is 5.32 Å². The first-order valence-electron chi connectivity index (χ1n) is 6.40. The summed E-state index contributed by atoms with van der Waals surface area (Å²) in [4.78, 5) is 24.7. The standard InChI is InChI=1S/C13H17N3O3/c1-2-7-15(10-8-14-9-10)13(17)11-5-3-4-6-12(11)16(18)19/h3-6,10,14H,2,7-9H2,1H3. The Balaban J connectivity index is 2.28. The van der Waals surface area contributed by atoms with Gasteiger partial charge in [0.05, 0.1) is 11.0 Å². The lowest BCUT2D eigenvalue weighted by atomic mass is 10.1. The van der Waals surface area contributed by atoms with Gasteiger partial charge in [-0.1, -0.05) is 19.1 Å². The van der Waals surface area contributed by atoms with Crippen LogP contribution in [0.15, 0.2) is 24.3 Å². The first-order valence-corrected chi connectivity index (χ1v) is 6.40. The quantitative estimate of drug-likeness (QED) is 0.644. The highest BCUT2D eigenvalue weighted by Crippen LogP contribution is 2.21. The number of para-hydroxylation sites is 1. The Morgan fingerprint density at radius 3 is 2.68 bits per heavy atom. The molecule has 0 saturated carbocycles. The number of rotatable bonds is 5. The summed E-state index contributed by atoms with van der Waals surface area (Å²) in [7, 11) is 0. The molecule has 1 amide bonds. The maximum Gasteiger partial charge on any atom is 0.282 e. The van der Waals surface area contributed by atoms with Crippen LogP contribution in [0.4, 0.5) is 5.69 Å². The summed E-state index contributed by atoms with van der Waals surface area (Å²) in [6, 6.07) is 6.27. The number of nitro groups is 1. The third-order valence-corrected chi connectivity index (χ3v) is 3.26. The molecule has 102 valence electrons. The van der Waals surface area contributed by atoms with Crippen LogP contribution in [0.2, 0.25) is 0 Å². The Hall–Kier alpha value is -1.95. The van der Waals surface area contributed by atoms with Gasteiger partial charge < -0.3 is 10.2 Å². The van der Waals surface area contributed by atoms with Crippen LogP contribution in [0.25, 0.3) is 0 Å². The normalized spacial score (nSPS) is 14.8. The van der Waals surface area contributed by atoms with Gasteiger partial charge in [0.2, 0.25) is 0 Å². The number of nitrogens with one attached hydrogen (secondary N) is 1. The molecule has 0 bridgehead atoms. The van der Waals surface area contributed by atoms with E-state index in [1.54, 1.807) is 17.0 Å². The van der Waals surface area contributed by atoms with Gasteiger partial charge in [-0.25, -0.2) is 0 Å². The second-order valence-electron chi connectivity index (χ2n) is 4.58. The highest BCUT2D eigenvalue weighted by atomic mass is 16.6. The van der Waals surface area contributed by atoms with Crippen LogP contribution in [0.3, 0.4) is 0 Å². The van der Waals surface area contributed by atoms with E-state index in [4.69, 9.17) is 0 Å². The molecule has 6 nitrogen and oxygen atoms in total. The van der Waals surface area contributed by atoms with Gasteiger partial charge in [-0.05, 0) is 12.5 Å². The van der Waals surface area contributed by atoms with Crippen molar-refractivity contribution in [2.75, 3.05) is 19.6 Å². The minimum atomic E-state index is -0.504. The SMILES string of the molecule is CCCN(C(=O)c1ccccc1[N+](=O)[O-])C1CNC1. The number of carbonyl (C=O) groups excluding carboxylic acids is 1. The highest BCUT2D eigenvalue weighted by Gasteiger charge is 2.31. The highest BCUT2D eigenvalue weighted by molar-refractivity contribution is 5.98. The number of hydrogen-bond acceptors (Lipinski definition) is 4. The number of carbonyl (C=O) groups is 1. The van der Waals surface area contributed by atoms with E-state index in [1.165, 1.54) is 12.1 Å². The maximum absolute atomic E-state index is 12.5. The van der Waals surface area contributed by atoms with Crippen LogP contribution in [-0.4, -0.2) is 41.4 Å². The third kappa shape index (κ3) is 2.73. The van der Waals surface area contributed by atoms with Gasteiger partial charge >= 0.3 is 0 Å². The molecule has 1 saturated heterocycles. The Morgan fingerprint density at radius 1 is 1.47 bits per heavy atom. The molecule has 0 aliphatic carbocycles. The van der Waals surface area contributed by atoms with Crippen LogP contribution in [0.1, 0.15) is 23.7 Å². The zero-order valence-corrected chi connectivity index (χ0v) is 10.8. The van der Waals surface area contributed by atoms with E-state index in [2.05, 4.69) is 5.32 Å². The van der Waals surface area contributed by atoms with Gasteiger partial charge in [0.15, 0.2) is 0 Å². The monoisotopic (exact) mass is 263 g/mol. The predicted octanol–water partition coefficient (Wildman–Crippen LogP) is 1.42. The molecule has 0 atom stereocenters. The fourth-order valence-electron chi connectivity index (χ4n) is 2.15. The van der Waals surface area contributed by atoms with Crippen molar-refractivity contribution < 1.29 is 9.72 Å². The van der Waals surface area contributed by atoms with E-state index >= 15 is 0 Å². The van der Waals surface area contributed by atoms with Crippen LogP contribution in [0, 0.1) is 10.1 Å². The molecule has 1 aromatic rings. The van der Waals surface area contributed by atoms with Crippen LogP contribution >= 0.6 is 0 Å². The van der Waals surface area contributed by atoms with Gasteiger partial charge in [0, 0.05) is 25.7 Å². The number of hydrogen-bond donors (Lipinski definition) is 1. The van der Waals surface area contributed by atoms with E-state index in [9.17, 15) is 14.9 Å². The number of nitrogens with zero attached hydrogens (tertiary/aromatic N) is 2. The number of benzene rings is 1. The van der Waals surface area contributed by atoms with Crippen LogP contribution in [-0.2, 0) is 0 Å². The van der Waals surface area contributed by atoms with Gasteiger partial charge in [-0.15, -0.1) is 0 Å². The fourth-order valence-corrected chi connectivity index (χ4v) is 2.15. The lowest BCUT2D eigenvalue weighted by Crippen LogP contribution is -2.59. The lowest BCUT2D eigenvalue weighted by Gasteiger charge is -2.38. The van der Waals surface area contributed by atoms with Gasteiger partial charge in [0.25, 0.3) is 11.6 Å². The molecule has 0 radical (unpaired) electrons. The Bertz CT molecular complexity index is 486. The molecule has 0 spiro atoms. The summed E-state index contributed by atoms with van der Waals surface area (Å²) < 4.78 is 0. The predicted molar refractivity (Wildman–Crippen MR) is 71.1 cm³/mol. The van der Waals surface area contributed by atoms with E-state index in [0.29, 0.717) is 6.54 Å². The topological polar surface area (TPSA) is 75.5 Å². The van der Waals surface area contributed by atoms with Crippen molar-refractivity contribution in [3.63, 3.8) is 0 Å². The molecule has 6 heteroatoms. The molecule has 0 unspecified atom stereocenters. The zero-order valence-electron chi connectivity index (χ0n) is 10.8.